The number of aromatic nitrogens is 3. The summed E-state index contributed by atoms with van der Waals surface area (Å²) in [5.74, 6) is 0.639. The number of fused-ring (bicyclic) bond motifs is 1. The zero-order chi connectivity index (χ0) is 19.6. The van der Waals surface area contributed by atoms with Crippen LogP contribution in [0.15, 0.2) is 85.3 Å². The van der Waals surface area contributed by atoms with Crippen LogP contribution in [0.1, 0.15) is 40.4 Å². The normalized spacial score (nSPS) is 15.7. The molecule has 1 aliphatic carbocycles. The average molecular weight is 382 g/mol. The van der Waals surface area contributed by atoms with Crippen LogP contribution in [0.2, 0.25) is 0 Å². The van der Waals surface area contributed by atoms with Crippen molar-refractivity contribution >= 4 is 5.91 Å². The lowest BCUT2D eigenvalue weighted by molar-refractivity contribution is 0.0932. The fourth-order valence-electron chi connectivity index (χ4n) is 4.12. The molecular weight excluding hydrogens is 360 g/mol. The summed E-state index contributed by atoms with van der Waals surface area (Å²) in [6.07, 6.45) is 8.63. The maximum atomic E-state index is 13.3. The molecule has 2 aromatic heterocycles. The van der Waals surface area contributed by atoms with Gasteiger partial charge in [-0.2, -0.15) is 5.10 Å². The van der Waals surface area contributed by atoms with Crippen LogP contribution in [0.5, 0.6) is 0 Å². The van der Waals surface area contributed by atoms with Gasteiger partial charge in [-0.1, -0.05) is 42.5 Å². The number of hydrogen-bond acceptors (Lipinski definition) is 2. The summed E-state index contributed by atoms with van der Waals surface area (Å²) in [6.45, 7) is 0. The minimum Gasteiger partial charge on any atom is -0.345 e. The first-order valence-electron chi connectivity index (χ1n) is 9.97. The van der Waals surface area contributed by atoms with Crippen LogP contribution >= 0.6 is 0 Å². The second-order valence-electron chi connectivity index (χ2n) is 7.34. The van der Waals surface area contributed by atoms with Crippen molar-refractivity contribution in [1.29, 1.82) is 0 Å². The standard InChI is InChI=1S/C24H22N4O/c29-23(26-22-14-8-10-18-9-4-5-13-20(18)22)21-17-25-28(19-11-2-1-3-12-19)24(21)27-15-6-7-16-27/h1-7,9,11-13,15-17,22H,8,10,14H2,(H,26,29)/t22-/m1/s1. The Hall–Kier alpha value is -3.60. The van der Waals surface area contributed by atoms with E-state index in [1.807, 2.05) is 70.2 Å². The topological polar surface area (TPSA) is 51.9 Å². The zero-order valence-electron chi connectivity index (χ0n) is 16.0. The number of carbonyl (C=O) groups is 1. The van der Waals surface area contributed by atoms with E-state index in [1.165, 1.54) is 11.1 Å². The van der Waals surface area contributed by atoms with E-state index >= 15 is 0 Å². The van der Waals surface area contributed by atoms with Crippen LogP contribution in [-0.2, 0) is 6.42 Å². The van der Waals surface area contributed by atoms with Gasteiger partial charge < -0.3 is 9.88 Å². The van der Waals surface area contributed by atoms with Crippen molar-refractivity contribution in [3.63, 3.8) is 0 Å². The van der Waals surface area contributed by atoms with Gasteiger partial charge >= 0.3 is 0 Å². The molecule has 1 aliphatic rings. The second-order valence-corrected chi connectivity index (χ2v) is 7.34. The summed E-state index contributed by atoms with van der Waals surface area (Å²) in [5, 5.41) is 7.79. The Labute approximate surface area is 169 Å². The Bertz CT molecular complexity index is 1130. The molecule has 0 aliphatic heterocycles. The van der Waals surface area contributed by atoms with Crippen molar-refractivity contribution in [2.24, 2.45) is 0 Å². The monoisotopic (exact) mass is 382 g/mol. The highest BCUT2D eigenvalue weighted by molar-refractivity contribution is 5.97. The van der Waals surface area contributed by atoms with E-state index in [0.29, 0.717) is 5.56 Å². The number of hydrogen-bond donors (Lipinski definition) is 1. The predicted molar refractivity (Wildman–Crippen MR) is 112 cm³/mol. The van der Waals surface area contributed by atoms with Crippen LogP contribution in [0, 0.1) is 0 Å². The fourth-order valence-corrected chi connectivity index (χ4v) is 4.12. The number of carbonyl (C=O) groups excluding carboxylic acids is 1. The Morgan fingerprint density at radius 1 is 0.966 bits per heavy atom. The lowest BCUT2D eigenvalue weighted by Gasteiger charge is -2.26. The highest BCUT2D eigenvalue weighted by atomic mass is 16.1. The Balaban J connectivity index is 1.52. The molecule has 0 saturated carbocycles. The predicted octanol–water partition coefficient (Wildman–Crippen LogP) is 4.47. The minimum absolute atomic E-state index is 0.0324. The highest BCUT2D eigenvalue weighted by Gasteiger charge is 2.25. The van der Waals surface area contributed by atoms with Crippen LogP contribution in [-0.4, -0.2) is 20.3 Å². The van der Waals surface area contributed by atoms with Crippen LogP contribution in [0.4, 0.5) is 0 Å². The van der Waals surface area contributed by atoms with Gasteiger partial charge in [0.1, 0.15) is 5.56 Å². The van der Waals surface area contributed by atoms with Gasteiger partial charge in [0.05, 0.1) is 17.9 Å². The lowest BCUT2D eigenvalue weighted by Crippen LogP contribution is -2.31. The summed E-state index contributed by atoms with van der Waals surface area (Å²) >= 11 is 0. The number of nitrogens with one attached hydrogen (secondary N) is 1. The number of rotatable bonds is 4. The SMILES string of the molecule is O=C(N[C@@H]1CCCc2ccccc21)c1cnn(-c2ccccc2)c1-n1cccc1. The van der Waals surface area contributed by atoms with Crippen LogP contribution < -0.4 is 5.32 Å². The van der Waals surface area contributed by atoms with Gasteiger partial charge in [-0.05, 0) is 54.7 Å². The van der Waals surface area contributed by atoms with Crippen LogP contribution in [0.3, 0.4) is 0 Å². The van der Waals surface area contributed by atoms with Crippen molar-refractivity contribution in [3.8, 4) is 11.5 Å². The number of amides is 1. The largest absolute Gasteiger partial charge is 0.345 e. The second kappa shape index (κ2) is 7.43. The molecule has 0 radical (unpaired) electrons. The van der Waals surface area contributed by atoms with Crippen molar-refractivity contribution in [2.75, 3.05) is 0 Å². The minimum atomic E-state index is -0.0995. The Morgan fingerprint density at radius 2 is 1.72 bits per heavy atom. The fraction of sp³-hybridized carbons (Fsp3) is 0.167. The van der Waals surface area contributed by atoms with E-state index < -0.39 is 0 Å². The van der Waals surface area contributed by atoms with Crippen molar-refractivity contribution in [3.05, 3.63) is 102 Å². The van der Waals surface area contributed by atoms with Crippen molar-refractivity contribution in [2.45, 2.75) is 25.3 Å². The summed E-state index contributed by atoms with van der Waals surface area (Å²) in [5.41, 5.74) is 4.03. The maximum Gasteiger partial charge on any atom is 0.257 e. The van der Waals surface area contributed by atoms with Gasteiger partial charge in [0, 0.05) is 12.4 Å². The average Bonchev–Trinajstić information content (AvgIpc) is 3.44. The molecule has 2 aromatic carbocycles. The summed E-state index contributed by atoms with van der Waals surface area (Å²) < 4.78 is 3.74. The molecule has 29 heavy (non-hydrogen) atoms. The third-order valence-corrected chi connectivity index (χ3v) is 5.51. The molecule has 5 heteroatoms. The molecule has 1 atom stereocenters. The molecule has 0 saturated heterocycles. The van der Waals surface area contributed by atoms with E-state index in [9.17, 15) is 4.79 Å². The third-order valence-electron chi connectivity index (χ3n) is 5.51. The smallest absolute Gasteiger partial charge is 0.257 e. The molecule has 4 aromatic rings. The van der Waals surface area contributed by atoms with E-state index in [4.69, 9.17) is 0 Å². The van der Waals surface area contributed by atoms with Gasteiger partial charge in [0.25, 0.3) is 5.91 Å². The zero-order valence-corrected chi connectivity index (χ0v) is 16.0. The van der Waals surface area contributed by atoms with Gasteiger partial charge in [0.15, 0.2) is 5.82 Å². The molecule has 0 spiro atoms. The van der Waals surface area contributed by atoms with E-state index in [0.717, 1.165) is 30.8 Å². The van der Waals surface area contributed by atoms with E-state index in [1.54, 1.807) is 6.20 Å². The molecule has 5 rings (SSSR count). The molecule has 1 amide bonds. The number of benzene rings is 2. The molecule has 0 bridgehead atoms. The summed E-state index contributed by atoms with van der Waals surface area (Å²) in [6, 6.07) is 22.2. The maximum absolute atomic E-state index is 13.3. The molecule has 0 fully saturated rings. The highest BCUT2D eigenvalue weighted by Crippen LogP contribution is 2.30. The molecular formula is C24H22N4O. The number of nitrogens with zero attached hydrogens (tertiary/aromatic N) is 3. The quantitative estimate of drug-likeness (QED) is 0.566. The molecule has 5 nitrogen and oxygen atoms in total. The lowest BCUT2D eigenvalue weighted by atomic mass is 9.87. The van der Waals surface area contributed by atoms with E-state index in [-0.39, 0.29) is 11.9 Å². The van der Waals surface area contributed by atoms with Gasteiger partial charge in [0.2, 0.25) is 0 Å². The molecule has 1 N–H and O–H groups in total. The van der Waals surface area contributed by atoms with E-state index in [2.05, 4.69) is 28.6 Å². The summed E-state index contributed by atoms with van der Waals surface area (Å²) in [4.78, 5) is 13.3. The molecule has 0 unspecified atom stereocenters. The third kappa shape index (κ3) is 3.25. The first-order chi connectivity index (χ1) is 14.3. The Morgan fingerprint density at radius 3 is 2.55 bits per heavy atom. The van der Waals surface area contributed by atoms with Gasteiger partial charge in [-0.3, -0.25) is 4.79 Å². The number of aryl methyl sites for hydroxylation is 1. The first kappa shape index (κ1) is 17.5. The van der Waals surface area contributed by atoms with Crippen molar-refractivity contribution in [1.82, 2.24) is 19.7 Å². The first-order valence-corrected chi connectivity index (χ1v) is 9.97. The van der Waals surface area contributed by atoms with Gasteiger partial charge in [-0.15, -0.1) is 0 Å². The number of para-hydroxylation sites is 1. The van der Waals surface area contributed by atoms with Gasteiger partial charge in [-0.25, -0.2) is 4.68 Å². The molecule has 144 valence electrons. The summed E-state index contributed by atoms with van der Waals surface area (Å²) in [7, 11) is 0. The molecule has 2 heterocycles. The Kier molecular flexibility index (Phi) is 4.48. The van der Waals surface area contributed by atoms with Crippen molar-refractivity contribution < 1.29 is 4.79 Å². The van der Waals surface area contributed by atoms with Crippen LogP contribution in [0.25, 0.3) is 11.5 Å².